The van der Waals surface area contributed by atoms with Crippen molar-refractivity contribution in [1.29, 1.82) is 0 Å². The largest absolute Gasteiger partial charge is 0.452 e. The van der Waals surface area contributed by atoms with Gasteiger partial charge >= 0.3 is 5.97 Å². The molecule has 0 radical (unpaired) electrons. The first-order chi connectivity index (χ1) is 14.9. The van der Waals surface area contributed by atoms with Crippen LogP contribution >= 0.6 is 0 Å². The van der Waals surface area contributed by atoms with Crippen LogP contribution in [-0.4, -0.2) is 33.2 Å². The molecule has 0 saturated carbocycles. The molecule has 1 amide bonds. The van der Waals surface area contributed by atoms with Gasteiger partial charge < -0.3 is 15.0 Å². The van der Waals surface area contributed by atoms with Gasteiger partial charge in [-0.05, 0) is 32.0 Å². The summed E-state index contributed by atoms with van der Waals surface area (Å²) in [6.07, 6.45) is 0. The highest BCUT2D eigenvalue weighted by molar-refractivity contribution is 6.04. The number of benzene rings is 2. The number of aromatic amines is 1. The summed E-state index contributed by atoms with van der Waals surface area (Å²) in [5, 5.41) is 7.78. The van der Waals surface area contributed by atoms with Crippen LogP contribution in [0.2, 0.25) is 0 Å². The zero-order valence-corrected chi connectivity index (χ0v) is 17.0. The maximum absolute atomic E-state index is 12.5. The number of para-hydroxylation sites is 2. The minimum Gasteiger partial charge on any atom is -0.452 e. The van der Waals surface area contributed by atoms with Crippen LogP contribution in [-0.2, 0) is 9.53 Å². The number of rotatable bonds is 5. The molecule has 0 unspecified atom stereocenters. The minimum atomic E-state index is -0.745. The lowest BCUT2D eigenvalue weighted by molar-refractivity contribution is -0.119. The summed E-state index contributed by atoms with van der Waals surface area (Å²) < 4.78 is 6.90. The monoisotopic (exact) mass is 416 g/mol. The van der Waals surface area contributed by atoms with Crippen molar-refractivity contribution in [2.24, 2.45) is 0 Å². The first kappa shape index (κ1) is 20.1. The molecular weight excluding hydrogens is 396 g/mol. The number of H-pyrrole nitrogens is 1. The zero-order valence-electron chi connectivity index (χ0n) is 17.0. The van der Waals surface area contributed by atoms with Crippen molar-refractivity contribution in [3.05, 3.63) is 88.0 Å². The number of nitrogens with one attached hydrogen (secondary N) is 2. The number of nitrogens with zero attached hydrogens (tertiary/aromatic N) is 2. The molecule has 2 aromatic carbocycles. The predicted octanol–water partition coefficient (Wildman–Crippen LogP) is 3.13. The number of anilines is 1. The second-order valence-corrected chi connectivity index (χ2v) is 7.01. The van der Waals surface area contributed by atoms with Crippen molar-refractivity contribution >= 4 is 28.5 Å². The lowest BCUT2D eigenvalue weighted by atomic mass is 10.1. The molecule has 2 heterocycles. The molecule has 2 N–H and O–H groups in total. The van der Waals surface area contributed by atoms with Crippen LogP contribution in [0.1, 0.15) is 21.7 Å². The SMILES string of the molecule is Cc1nn(-c2ccccc2)c(C)c1NC(=O)COC(=O)c1cc(=O)[nH]c2ccccc12. The number of fused-ring (bicyclic) bond motifs is 1. The highest BCUT2D eigenvalue weighted by Crippen LogP contribution is 2.22. The van der Waals surface area contributed by atoms with Crippen molar-refractivity contribution in [2.45, 2.75) is 13.8 Å². The smallest absolute Gasteiger partial charge is 0.339 e. The lowest BCUT2D eigenvalue weighted by Crippen LogP contribution is -2.22. The second kappa shape index (κ2) is 8.27. The molecule has 31 heavy (non-hydrogen) atoms. The van der Waals surface area contributed by atoms with Gasteiger partial charge in [-0.25, -0.2) is 9.48 Å². The molecule has 4 aromatic rings. The van der Waals surface area contributed by atoms with E-state index in [1.165, 1.54) is 6.07 Å². The fraction of sp³-hybridized carbons (Fsp3) is 0.130. The topological polar surface area (TPSA) is 106 Å². The van der Waals surface area contributed by atoms with E-state index in [9.17, 15) is 14.4 Å². The summed E-state index contributed by atoms with van der Waals surface area (Å²) in [5.74, 6) is -1.24. The number of carbonyl (C=O) groups excluding carboxylic acids is 2. The number of hydrogen-bond donors (Lipinski definition) is 2. The highest BCUT2D eigenvalue weighted by Gasteiger charge is 2.18. The molecule has 0 spiro atoms. The third-order valence-electron chi connectivity index (χ3n) is 4.86. The molecule has 156 valence electrons. The minimum absolute atomic E-state index is 0.108. The van der Waals surface area contributed by atoms with E-state index in [1.807, 2.05) is 37.3 Å². The van der Waals surface area contributed by atoms with Gasteiger partial charge in [-0.2, -0.15) is 5.10 Å². The van der Waals surface area contributed by atoms with E-state index in [-0.39, 0.29) is 5.56 Å². The Hall–Kier alpha value is -4.20. The Balaban J connectivity index is 1.48. The van der Waals surface area contributed by atoms with Crippen molar-refractivity contribution in [3.63, 3.8) is 0 Å². The van der Waals surface area contributed by atoms with Crippen LogP contribution < -0.4 is 10.9 Å². The summed E-state index contributed by atoms with van der Waals surface area (Å²) in [7, 11) is 0. The van der Waals surface area contributed by atoms with Gasteiger partial charge in [-0.3, -0.25) is 9.59 Å². The first-order valence-corrected chi connectivity index (χ1v) is 9.64. The molecule has 0 atom stereocenters. The number of carbonyl (C=O) groups is 2. The van der Waals surface area contributed by atoms with Gasteiger partial charge in [0.05, 0.1) is 28.3 Å². The van der Waals surface area contributed by atoms with Crippen LogP contribution in [0.4, 0.5) is 5.69 Å². The van der Waals surface area contributed by atoms with Gasteiger partial charge in [-0.1, -0.05) is 36.4 Å². The van der Waals surface area contributed by atoms with Crippen molar-refractivity contribution in [3.8, 4) is 5.69 Å². The molecular formula is C23H20N4O4. The van der Waals surface area contributed by atoms with Crippen molar-refractivity contribution < 1.29 is 14.3 Å². The van der Waals surface area contributed by atoms with E-state index >= 15 is 0 Å². The summed E-state index contributed by atoms with van der Waals surface area (Å²) in [6.45, 7) is 3.14. The molecule has 0 saturated heterocycles. The number of aromatic nitrogens is 3. The summed E-state index contributed by atoms with van der Waals surface area (Å²) in [5.41, 5.74) is 3.03. The van der Waals surface area contributed by atoms with Crippen LogP contribution in [0, 0.1) is 13.8 Å². The van der Waals surface area contributed by atoms with Gasteiger partial charge in [0.15, 0.2) is 6.61 Å². The average Bonchev–Trinajstić information content (AvgIpc) is 3.05. The fourth-order valence-electron chi connectivity index (χ4n) is 3.40. The Labute approximate surface area is 177 Å². The Kier molecular flexibility index (Phi) is 5.36. The van der Waals surface area contributed by atoms with E-state index in [1.54, 1.807) is 35.9 Å². The van der Waals surface area contributed by atoms with Crippen LogP contribution in [0.15, 0.2) is 65.5 Å². The molecule has 2 aromatic heterocycles. The van der Waals surface area contributed by atoms with Crippen LogP contribution in [0.5, 0.6) is 0 Å². The standard InChI is InChI=1S/C23H20N4O4/c1-14-22(15(2)27(26-14)16-8-4-3-5-9-16)25-21(29)13-31-23(30)18-12-20(28)24-19-11-7-6-10-17(18)19/h3-12H,13H2,1-2H3,(H,24,28)(H,25,29). The second-order valence-electron chi connectivity index (χ2n) is 7.01. The van der Waals surface area contributed by atoms with Crippen LogP contribution in [0.25, 0.3) is 16.6 Å². The van der Waals surface area contributed by atoms with Crippen molar-refractivity contribution in [1.82, 2.24) is 14.8 Å². The first-order valence-electron chi connectivity index (χ1n) is 9.64. The third-order valence-corrected chi connectivity index (χ3v) is 4.86. The maximum Gasteiger partial charge on any atom is 0.339 e. The molecule has 0 bridgehead atoms. The molecule has 0 aliphatic rings. The number of amides is 1. The van der Waals surface area contributed by atoms with Crippen LogP contribution in [0.3, 0.4) is 0 Å². The van der Waals surface area contributed by atoms with E-state index in [0.717, 1.165) is 11.4 Å². The van der Waals surface area contributed by atoms with Gasteiger partial charge in [0, 0.05) is 17.0 Å². The van der Waals surface area contributed by atoms with Gasteiger partial charge in [0.2, 0.25) is 5.56 Å². The maximum atomic E-state index is 12.5. The van der Waals surface area contributed by atoms with Crippen molar-refractivity contribution in [2.75, 3.05) is 11.9 Å². The third kappa shape index (κ3) is 4.09. The Morgan fingerprint density at radius 3 is 2.55 bits per heavy atom. The Bertz CT molecular complexity index is 1340. The molecule has 0 aliphatic heterocycles. The molecule has 4 rings (SSSR count). The molecule has 0 aliphatic carbocycles. The van der Waals surface area contributed by atoms with Gasteiger partial charge in [0.1, 0.15) is 0 Å². The number of hydrogen-bond acceptors (Lipinski definition) is 5. The summed E-state index contributed by atoms with van der Waals surface area (Å²) >= 11 is 0. The van der Waals surface area contributed by atoms with E-state index in [2.05, 4.69) is 15.4 Å². The number of ether oxygens (including phenoxy) is 1. The molecule has 0 fully saturated rings. The average molecular weight is 416 g/mol. The Morgan fingerprint density at radius 2 is 1.77 bits per heavy atom. The molecule has 8 nitrogen and oxygen atoms in total. The highest BCUT2D eigenvalue weighted by atomic mass is 16.5. The summed E-state index contributed by atoms with van der Waals surface area (Å²) in [6, 6.07) is 17.6. The van der Waals surface area contributed by atoms with E-state index < -0.39 is 24.0 Å². The number of pyridine rings is 1. The van der Waals surface area contributed by atoms with Gasteiger partial charge in [-0.15, -0.1) is 0 Å². The lowest BCUT2D eigenvalue weighted by Gasteiger charge is -2.09. The molecule has 8 heteroatoms. The number of aryl methyl sites for hydroxylation is 1. The quantitative estimate of drug-likeness (QED) is 0.486. The summed E-state index contributed by atoms with van der Waals surface area (Å²) in [4.78, 5) is 39.4. The Morgan fingerprint density at radius 1 is 1.06 bits per heavy atom. The fourth-order valence-corrected chi connectivity index (χ4v) is 3.40. The normalized spacial score (nSPS) is 10.8. The van der Waals surface area contributed by atoms with E-state index in [4.69, 9.17) is 4.74 Å². The van der Waals surface area contributed by atoms with Gasteiger partial charge in [0.25, 0.3) is 5.91 Å². The zero-order chi connectivity index (χ0) is 22.0. The van der Waals surface area contributed by atoms with E-state index in [0.29, 0.717) is 22.3 Å². The predicted molar refractivity (Wildman–Crippen MR) is 117 cm³/mol. The number of esters is 1.